The van der Waals surface area contributed by atoms with Gasteiger partial charge in [0.2, 0.25) is 0 Å². The number of amides is 1. The molecule has 126 valence electrons. The smallest absolute Gasteiger partial charge is 0.325 e. The van der Waals surface area contributed by atoms with Crippen LogP contribution in [0, 0.1) is 0 Å². The number of rotatable bonds is 3. The molecule has 0 bridgehead atoms. The fraction of sp³-hybridized carbons (Fsp3) is 0.353. The summed E-state index contributed by atoms with van der Waals surface area (Å²) in [6.45, 7) is 1.29. The maximum Gasteiger partial charge on any atom is 0.325 e. The predicted octanol–water partition coefficient (Wildman–Crippen LogP) is 0.718. The molecule has 2 aromatic rings. The molecule has 1 aliphatic rings. The van der Waals surface area contributed by atoms with E-state index >= 15 is 0 Å². The number of hydrogen-bond acceptors (Lipinski definition) is 4. The average molecular weight is 328 g/mol. The van der Waals surface area contributed by atoms with Crippen LogP contribution >= 0.6 is 0 Å². The van der Waals surface area contributed by atoms with E-state index in [0.29, 0.717) is 17.8 Å². The lowest BCUT2D eigenvalue weighted by Gasteiger charge is -2.31. The zero-order valence-corrected chi connectivity index (χ0v) is 13.8. The molecule has 2 heterocycles. The Balaban J connectivity index is 1.90. The number of carbonyl (C=O) groups excluding carboxylic acids is 1. The average Bonchev–Trinajstić information content (AvgIpc) is 2.53. The summed E-state index contributed by atoms with van der Waals surface area (Å²) in [5.41, 5.74) is 2.49. The second-order valence-electron chi connectivity index (χ2n) is 6.18. The Kier molecular flexibility index (Phi) is 4.24. The van der Waals surface area contributed by atoms with Crippen LogP contribution in [0.5, 0.6) is 0 Å². The van der Waals surface area contributed by atoms with Crippen molar-refractivity contribution in [2.75, 3.05) is 25.5 Å². The Hall–Kier alpha value is -2.83. The van der Waals surface area contributed by atoms with E-state index < -0.39 is 11.2 Å². The summed E-state index contributed by atoms with van der Waals surface area (Å²) in [6.07, 6.45) is 1.87. The standard InChI is InChI=1S/C17H20N4O3/c1-20(2)16(23)12-5-6-14-11(8-12)4-3-7-21(14)10-13-9-15(22)19-17(24)18-13/h5-6,8-9H,3-4,7,10H2,1-2H3,(H2,18,19,22,24). The number of fused-ring (bicyclic) bond motifs is 1. The van der Waals surface area contributed by atoms with Gasteiger partial charge in [0.25, 0.3) is 11.5 Å². The van der Waals surface area contributed by atoms with Crippen LogP contribution in [0.25, 0.3) is 0 Å². The number of benzene rings is 1. The summed E-state index contributed by atoms with van der Waals surface area (Å²) in [5.74, 6) is -0.0196. The van der Waals surface area contributed by atoms with Gasteiger partial charge in [-0.3, -0.25) is 14.6 Å². The molecule has 24 heavy (non-hydrogen) atoms. The van der Waals surface area contributed by atoms with Gasteiger partial charge in [-0.2, -0.15) is 0 Å². The minimum absolute atomic E-state index is 0.0196. The number of anilines is 1. The lowest BCUT2D eigenvalue weighted by atomic mass is 9.98. The molecule has 7 heteroatoms. The fourth-order valence-corrected chi connectivity index (χ4v) is 3.04. The van der Waals surface area contributed by atoms with Gasteiger partial charge in [-0.25, -0.2) is 4.79 Å². The molecule has 0 spiro atoms. The largest absolute Gasteiger partial charge is 0.365 e. The first kappa shape index (κ1) is 16.0. The monoisotopic (exact) mass is 328 g/mol. The Morgan fingerprint density at radius 2 is 2.00 bits per heavy atom. The molecule has 0 atom stereocenters. The molecule has 0 saturated carbocycles. The number of nitrogens with one attached hydrogen (secondary N) is 2. The van der Waals surface area contributed by atoms with Crippen molar-refractivity contribution >= 4 is 11.6 Å². The number of H-pyrrole nitrogens is 2. The van der Waals surface area contributed by atoms with Crippen molar-refractivity contribution in [1.82, 2.24) is 14.9 Å². The van der Waals surface area contributed by atoms with E-state index in [1.807, 2.05) is 18.2 Å². The normalized spacial score (nSPS) is 13.5. The maximum atomic E-state index is 12.1. The third-order valence-electron chi connectivity index (χ3n) is 4.12. The first-order chi connectivity index (χ1) is 11.4. The van der Waals surface area contributed by atoms with Gasteiger partial charge in [0.1, 0.15) is 0 Å². The molecule has 1 aromatic carbocycles. The van der Waals surface area contributed by atoms with Gasteiger partial charge in [0.05, 0.1) is 6.54 Å². The molecule has 1 aromatic heterocycles. The Bertz CT molecular complexity index is 854. The SMILES string of the molecule is CN(C)C(=O)c1ccc2c(c1)CCCN2Cc1cc(=O)[nH]c(=O)[nH]1. The lowest BCUT2D eigenvalue weighted by Crippen LogP contribution is -2.32. The third kappa shape index (κ3) is 3.24. The number of aromatic amines is 2. The zero-order valence-electron chi connectivity index (χ0n) is 13.8. The molecule has 7 nitrogen and oxygen atoms in total. The van der Waals surface area contributed by atoms with Crippen LogP contribution in [0.1, 0.15) is 28.0 Å². The van der Waals surface area contributed by atoms with E-state index in [0.717, 1.165) is 30.6 Å². The molecule has 0 radical (unpaired) electrons. The Morgan fingerprint density at radius 1 is 1.21 bits per heavy atom. The Labute approximate surface area is 138 Å². The molecule has 3 rings (SSSR count). The highest BCUT2D eigenvalue weighted by Gasteiger charge is 2.19. The highest BCUT2D eigenvalue weighted by Crippen LogP contribution is 2.29. The van der Waals surface area contributed by atoms with Gasteiger partial charge in [0.15, 0.2) is 0 Å². The predicted molar refractivity (Wildman–Crippen MR) is 91.5 cm³/mol. The van der Waals surface area contributed by atoms with Crippen molar-refractivity contribution in [3.63, 3.8) is 0 Å². The molecule has 0 fully saturated rings. The van der Waals surface area contributed by atoms with Crippen molar-refractivity contribution in [3.05, 3.63) is 61.9 Å². The van der Waals surface area contributed by atoms with E-state index in [-0.39, 0.29) is 5.91 Å². The van der Waals surface area contributed by atoms with E-state index in [4.69, 9.17) is 0 Å². The molecule has 2 N–H and O–H groups in total. The zero-order chi connectivity index (χ0) is 17.3. The van der Waals surface area contributed by atoms with Crippen molar-refractivity contribution in [2.45, 2.75) is 19.4 Å². The van der Waals surface area contributed by atoms with Crippen LogP contribution in [0.3, 0.4) is 0 Å². The highest BCUT2D eigenvalue weighted by molar-refractivity contribution is 5.94. The van der Waals surface area contributed by atoms with Gasteiger partial charge in [-0.1, -0.05) is 0 Å². The van der Waals surface area contributed by atoms with E-state index in [1.54, 1.807) is 19.0 Å². The van der Waals surface area contributed by atoms with Crippen LogP contribution in [-0.4, -0.2) is 41.4 Å². The van der Waals surface area contributed by atoms with E-state index in [1.165, 1.54) is 6.07 Å². The minimum atomic E-state index is -0.498. The second kappa shape index (κ2) is 6.35. The minimum Gasteiger partial charge on any atom is -0.365 e. The van der Waals surface area contributed by atoms with Gasteiger partial charge < -0.3 is 14.8 Å². The molecule has 0 unspecified atom stereocenters. The van der Waals surface area contributed by atoms with Gasteiger partial charge in [-0.15, -0.1) is 0 Å². The van der Waals surface area contributed by atoms with Crippen LogP contribution in [-0.2, 0) is 13.0 Å². The lowest BCUT2D eigenvalue weighted by molar-refractivity contribution is 0.0827. The number of hydrogen-bond donors (Lipinski definition) is 2. The molecule has 0 saturated heterocycles. The first-order valence-electron chi connectivity index (χ1n) is 7.86. The first-order valence-corrected chi connectivity index (χ1v) is 7.86. The van der Waals surface area contributed by atoms with Gasteiger partial charge in [-0.05, 0) is 36.6 Å². The van der Waals surface area contributed by atoms with E-state index in [9.17, 15) is 14.4 Å². The van der Waals surface area contributed by atoms with Crippen LogP contribution < -0.4 is 16.1 Å². The number of aryl methyl sites for hydroxylation is 1. The molecule has 1 amide bonds. The molecule has 0 aliphatic carbocycles. The number of nitrogens with zero attached hydrogens (tertiary/aromatic N) is 2. The summed E-state index contributed by atoms with van der Waals surface area (Å²) in [5, 5.41) is 0. The summed E-state index contributed by atoms with van der Waals surface area (Å²) in [7, 11) is 3.47. The maximum absolute atomic E-state index is 12.1. The number of aromatic nitrogens is 2. The van der Waals surface area contributed by atoms with Crippen molar-refractivity contribution < 1.29 is 4.79 Å². The molecular weight excluding hydrogens is 308 g/mol. The number of carbonyl (C=O) groups is 1. The summed E-state index contributed by atoms with van der Waals surface area (Å²) < 4.78 is 0. The molecule has 1 aliphatic heterocycles. The van der Waals surface area contributed by atoms with E-state index in [2.05, 4.69) is 14.9 Å². The summed E-state index contributed by atoms with van der Waals surface area (Å²) in [4.78, 5) is 43.5. The summed E-state index contributed by atoms with van der Waals surface area (Å²) >= 11 is 0. The van der Waals surface area contributed by atoms with Crippen molar-refractivity contribution in [2.24, 2.45) is 0 Å². The highest BCUT2D eigenvalue weighted by atomic mass is 16.2. The van der Waals surface area contributed by atoms with Crippen LogP contribution in [0.2, 0.25) is 0 Å². The van der Waals surface area contributed by atoms with Crippen molar-refractivity contribution in [3.8, 4) is 0 Å². The van der Waals surface area contributed by atoms with Crippen LogP contribution in [0.15, 0.2) is 33.9 Å². The van der Waals surface area contributed by atoms with Gasteiger partial charge in [0, 0.05) is 43.7 Å². The Morgan fingerprint density at radius 3 is 2.71 bits per heavy atom. The molecular formula is C17H20N4O3. The third-order valence-corrected chi connectivity index (χ3v) is 4.12. The van der Waals surface area contributed by atoms with Crippen LogP contribution in [0.4, 0.5) is 5.69 Å². The topological polar surface area (TPSA) is 89.3 Å². The second-order valence-corrected chi connectivity index (χ2v) is 6.18. The summed E-state index contributed by atoms with van der Waals surface area (Å²) in [6, 6.07) is 7.10. The fourth-order valence-electron chi connectivity index (χ4n) is 3.04. The quantitative estimate of drug-likeness (QED) is 0.869. The van der Waals surface area contributed by atoms with Crippen molar-refractivity contribution in [1.29, 1.82) is 0 Å². The van der Waals surface area contributed by atoms with Gasteiger partial charge >= 0.3 is 5.69 Å².